The Morgan fingerprint density at radius 1 is 1.54 bits per heavy atom. The molecule has 2 atom stereocenters. The summed E-state index contributed by atoms with van der Waals surface area (Å²) in [5, 5.41) is 3.16. The van der Waals surface area contributed by atoms with E-state index < -0.39 is 0 Å². The first kappa shape index (κ1) is 9.22. The second-order valence-corrected chi connectivity index (χ2v) is 4.54. The molecule has 1 saturated carbocycles. The summed E-state index contributed by atoms with van der Waals surface area (Å²) in [5.74, 6) is 1.01. The molecule has 74 valence electrons. The SMILES string of the molecule is C=C(CNC)CN1CC2CCC1C2. The molecule has 2 bridgehead atoms. The zero-order valence-electron chi connectivity index (χ0n) is 8.55. The number of nitrogens with zero attached hydrogens (tertiary/aromatic N) is 1. The first-order chi connectivity index (χ1) is 6.29. The van der Waals surface area contributed by atoms with Crippen molar-refractivity contribution in [2.75, 3.05) is 26.7 Å². The highest BCUT2D eigenvalue weighted by Crippen LogP contribution is 2.37. The largest absolute Gasteiger partial charge is 0.316 e. The van der Waals surface area contributed by atoms with Crippen molar-refractivity contribution >= 4 is 0 Å². The Hall–Kier alpha value is -0.340. The normalized spacial score (nSPS) is 32.7. The molecular formula is C11H20N2. The van der Waals surface area contributed by atoms with Gasteiger partial charge in [-0.2, -0.15) is 0 Å². The summed E-state index contributed by atoms with van der Waals surface area (Å²) in [6, 6.07) is 0.888. The van der Waals surface area contributed by atoms with Crippen molar-refractivity contribution in [1.82, 2.24) is 10.2 Å². The van der Waals surface area contributed by atoms with Crippen LogP contribution in [0.15, 0.2) is 12.2 Å². The quantitative estimate of drug-likeness (QED) is 0.655. The van der Waals surface area contributed by atoms with Gasteiger partial charge >= 0.3 is 0 Å². The molecule has 0 aromatic carbocycles. The summed E-state index contributed by atoms with van der Waals surface area (Å²) in [4.78, 5) is 2.62. The molecule has 1 aliphatic heterocycles. The van der Waals surface area contributed by atoms with Crippen molar-refractivity contribution in [2.45, 2.75) is 25.3 Å². The van der Waals surface area contributed by atoms with Gasteiger partial charge in [0.2, 0.25) is 0 Å². The highest BCUT2D eigenvalue weighted by atomic mass is 15.2. The van der Waals surface area contributed by atoms with Gasteiger partial charge in [-0.25, -0.2) is 0 Å². The zero-order valence-corrected chi connectivity index (χ0v) is 8.55. The molecular weight excluding hydrogens is 160 g/mol. The number of hydrogen-bond acceptors (Lipinski definition) is 2. The maximum Gasteiger partial charge on any atom is 0.0205 e. The average molecular weight is 180 g/mol. The van der Waals surface area contributed by atoms with E-state index in [4.69, 9.17) is 0 Å². The monoisotopic (exact) mass is 180 g/mol. The predicted molar refractivity (Wildman–Crippen MR) is 55.8 cm³/mol. The molecule has 1 N–H and O–H groups in total. The highest BCUT2D eigenvalue weighted by molar-refractivity contribution is 5.04. The van der Waals surface area contributed by atoms with Crippen molar-refractivity contribution in [1.29, 1.82) is 0 Å². The van der Waals surface area contributed by atoms with Crippen LogP contribution < -0.4 is 5.32 Å². The van der Waals surface area contributed by atoms with Gasteiger partial charge in [-0.1, -0.05) is 6.58 Å². The maximum absolute atomic E-state index is 4.09. The smallest absolute Gasteiger partial charge is 0.0205 e. The lowest BCUT2D eigenvalue weighted by molar-refractivity contribution is 0.230. The fraction of sp³-hybridized carbons (Fsp3) is 0.818. The molecule has 2 fully saturated rings. The summed E-state index contributed by atoms with van der Waals surface area (Å²) in [6.45, 7) is 7.49. The third-order valence-electron chi connectivity index (χ3n) is 3.38. The van der Waals surface area contributed by atoms with Crippen molar-refractivity contribution in [3.63, 3.8) is 0 Å². The Labute approximate surface area is 81.0 Å². The van der Waals surface area contributed by atoms with Gasteiger partial charge in [0, 0.05) is 25.7 Å². The second-order valence-electron chi connectivity index (χ2n) is 4.54. The molecule has 0 aromatic heterocycles. The minimum Gasteiger partial charge on any atom is -0.316 e. The minimum atomic E-state index is 0.888. The Kier molecular flexibility index (Phi) is 2.70. The van der Waals surface area contributed by atoms with Gasteiger partial charge in [-0.15, -0.1) is 0 Å². The lowest BCUT2D eigenvalue weighted by atomic mass is 10.1. The molecule has 2 heteroatoms. The zero-order chi connectivity index (χ0) is 9.26. The fourth-order valence-corrected chi connectivity index (χ4v) is 2.81. The summed E-state index contributed by atoms with van der Waals surface area (Å²) in [5.41, 5.74) is 1.33. The van der Waals surface area contributed by atoms with E-state index in [9.17, 15) is 0 Å². The van der Waals surface area contributed by atoms with Crippen LogP contribution in [0.2, 0.25) is 0 Å². The molecule has 1 aliphatic carbocycles. The Morgan fingerprint density at radius 2 is 2.38 bits per heavy atom. The Morgan fingerprint density at radius 3 is 2.92 bits per heavy atom. The molecule has 1 saturated heterocycles. The van der Waals surface area contributed by atoms with Crippen molar-refractivity contribution in [2.24, 2.45) is 5.92 Å². The van der Waals surface area contributed by atoms with E-state index in [0.717, 1.165) is 25.0 Å². The Balaban J connectivity index is 1.79. The first-order valence-electron chi connectivity index (χ1n) is 5.35. The van der Waals surface area contributed by atoms with Crippen LogP contribution in [0.4, 0.5) is 0 Å². The summed E-state index contributed by atoms with van der Waals surface area (Å²) in [7, 11) is 1.99. The summed E-state index contributed by atoms with van der Waals surface area (Å²) < 4.78 is 0. The van der Waals surface area contributed by atoms with E-state index in [2.05, 4.69) is 16.8 Å². The Bertz CT molecular complexity index is 200. The molecule has 2 nitrogen and oxygen atoms in total. The number of hydrogen-bond donors (Lipinski definition) is 1. The van der Waals surface area contributed by atoms with E-state index in [1.165, 1.54) is 31.4 Å². The fourth-order valence-electron chi connectivity index (χ4n) is 2.81. The molecule has 2 rings (SSSR count). The molecule has 0 radical (unpaired) electrons. The number of fused-ring (bicyclic) bond motifs is 2. The number of likely N-dealkylation sites (N-methyl/N-ethyl adjacent to an activating group) is 1. The molecule has 0 spiro atoms. The summed E-state index contributed by atoms with van der Waals surface area (Å²) in [6.07, 6.45) is 4.35. The number of nitrogens with one attached hydrogen (secondary N) is 1. The lowest BCUT2D eigenvalue weighted by Gasteiger charge is -2.27. The second kappa shape index (κ2) is 3.81. The van der Waals surface area contributed by atoms with Crippen LogP contribution >= 0.6 is 0 Å². The predicted octanol–water partition coefficient (Wildman–Crippen LogP) is 1.25. The van der Waals surface area contributed by atoms with E-state index in [1.54, 1.807) is 0 Å². The van der Waals surface area contributed by atoms with Crippen LogP contribution in [0.3, 0.4) is 0 Å². The van der Waals surface area contributed by atoms with Gasteiger partial charge in [0.25, 0.3) is 0 Å². The van der Waals surface area contributed by atoms with Gasteiger partial charge in [0.15, 0.2) is 0 Å². The molecule has 0 aromatic rings. The van der Waals surface area contributed by atoms with E-state index in [0.29, 0.717) is 0 Å². The number of rotatable bonds is 4. The number of piperidine rings is 1. The van der Waals surface area contributed by atoms with Crippen LogP contribution in [0.5, 0.6) is 0 Å². The highest BCUT2D eigenvalue weighted by Gasteiger charge is 2.37. The third-order valence-corrected chi connectivity index (χ3v) is 3.38. The van der Waals surface area contributed by atoms with E-state index in [1.807, 2.05) is 7.05 Å². The van der Waals surface area contributed by atoms with Gasteiger partial charge in [-0.05, 0) is 37.8 Å². The average Bonchev–Trinajstić information content (AvgIpc) is 2.65. The lowest BCUT2D eigenvalue weighted by Crippen LogP contribution is -2.34. The minimum absolute atomic E-state index is 0.888. The number of likely N-dealkylation sites (tertiary alicyclic amines) is 1. The van der Waals surface area contributed by atoms with Crippen LogP contribution in [0, 0.1) is 5.92 Å². The molecule has 1 heterocycles. The van der Waals surface area contributed by atoms with Gasteiger partial charge in [0.05, 0.1) is 0 Å². The van der Waals surface area contributed by atoms with Crippen LogP contribution in [0.25, 0.3) is 0 Å². The van der Waals surface area contributed by atoms with Crippen LogP contribution in [0.1, 0.15) is 19.3 Å². The van der Waals surface area contributed by atoms with E-state index in [-0.39, 0.29) is 0 Å². The molecule has 2 unspecified atom stereocenters. The maximum atomic E-state index is 4.09. The van der Waals surface area contributed by atoms with E-state index >= 15 is 0 Å². The van der Waals surface area contributed by atoms with Crippen molar-refractivity contribution in [3.8, 4) is 0 Å². The van der Waals surface area contributed by atoms with Crippen molar-refractivity contribution < 1.29 is 0 Å². The van der Waals surface area contributed by atoms with Crippen molar-refractivity contribution in [3.05, 3.63) is 12.2 Å². The third kappa shape index (κ3) is 1.94. The molecule has 0 amide bonds. The van der Waals surface area contributed by atoms with Gasteiger partial charge in [0.1, 0.15) is 0 Å². The van der Waals surface area contributed by atoms with Gasteiger partial charge in [-0.3, -0.25) is 4.90 Å². The topological polar surface area (TPSA) is 15.3 Å². The summed E-state index contributed by atoms with van der Waals surface area (Å²) >= 11 is 0. The standard InChI is InChI=1S/C11H20N2/c1-9(6-12-2)7-13-8-10-3-4-11(13)5-10/h10-12H,1,3-8H2,2H3. The van der Waals surface area contributed by atoms with Crippen LogP contribution in [-0.2, 0) is 0 Å². The van der Waals surface area contributed by atoms with Gasteiger partial charge < -0.3 is 5.32 Å². The molecule has 13 heavy (non-hydrogen) atoms. The first-order valence-corrected chi connectivity index (χ1v) is 5.35. The molecule has 2 aliphatic rings. The van der Waals surface area contributed by atoms with Crippen LogP contribution in [-0.4, -0.2) is 37.6 Å².